The summed E-state index contributed by atoms with van der Waals surface area (Å²) in [7, 11) is 0. The van der Waals surface area contributed by atoms with Gasteiger partial charge in [0.05, 0.1) is 0 Å². The molecule has 0 amide bonds. The third-order valence-electron chi connectivity index (χ3n) is 3.12. The van der Waals surface area contributed by atoms with E-state index in [4.69, 9.17) is 22.1 Å². The molecule has 0 saturated carbocycles. The van der Waals surface area contributed by atoms with Crippen molar-refractivity contribution in [1.29, 1.82) is 0 Å². The van der Waals surface area contributed by atoms with Crippen LogP contribution in [0.5, 0.6) is 0 Å². The van der Waals surface area contributed by atoms with Gasteiger partial charge in [-0.25, -0.2) is 8.78 Å². The number of benzene rings is 1. The Morgan fingerprint density at radius 1 is 1.55 bits per heavy atom. The van der Waals surface area contributed by atoms with Gasteiger partial charge in [0.1, 0.15) is 11.2 Å². The molecular formula is C14H18ClF2NO2. The lowest BCUT2D eigenvalue weighted by Crippen LogP contribution is -2.43. The standard InChI is InChI=1S/C14H18ClF2NO2/c1-3-5-11(17)20-13(19)14(2,8-18)12-9(15)6-4-7-10(12)16/h4,6-7,11H,3,5,8,18H2,1-2H3. The zero-order valence-electron chi connectivity index (χ0n) is 11.5. The molecule has 0 radical (unpaired) electrons. The number of hydrogen-bond donors (Lipinski definition) is 1. The fourth-order valence-corrected chi connectivity index (χ4v) is 2.22. The van der Waals surface area contributed by atoms with Crippen molar-refractivity contribution in [1.82, 2.24) is 0 Å². The van der Waals surface area contributed by atoms with Crippen molar-refractivity contribution in [3.8, 4) is 0 Å². The van der Waals surface area contributed by atoms with Gasteiger partial charge in [0.25, 0.3) is 0 Å². The minimum atomic E-state index is -1.73. The summed E-state index contributed by atoms with van der Waals surface area (Å²) in [6.07, 6.45) is -1.13. The number of rotatable bonds is 6. The molecule has 0 aliphatic heterocycles. The molecular weight excluding hydrogens is 288 g/mol. The molecule has 0 heterocycles. The molecule has 1 aromatic rings. The lowest BCUT2D eigenvalue weighted by Gasteiger charge is -2.28. The van der Waals surface area contributed by atoms with Gasteiger partial charge in [0.15, 0.2) is 0 Å². The molecule has 0 fully saturated rings. The van der Waals surface area contributed by atoms with E-state index in [-0.39, 0.29) is 23.6 Å². The van der Waals surface area contributed by atoms with Crippen LogP contribution in [0.4, 0.5) is 8.78 Å². The van der Waals surface area contributed by atoms with Gasteiger partial charge in [0.2, 0.25) is 6.36 Å². The molecule has 2 N–H and O–H groups in total. The van der Waals surface area contributed by atoms with Crippen LogP contribution in [0.3, 0.4) is 0 Å². The molecule has 2 unspecified atom stereocenters. The monoisotopic (exact) mass is 305 g/mol. The molecule has 0 aromatic heterocycles. The van der Waals surface area contributed by atoms with Crippen molar-refractivity contribution in [2.24, 2.45) is 5.73 Å². The van der Waals surface area contributed by atoms with Crippen LogP contribution in [0.2, 0.25) is 5.02 Å². The number of ether oxygens (including phenoxy) is 1. The van der Waals surface area contributed by atoms with Crippen LogP contribution in [-0.2, 0) is 14.9 Å². The molecule has 112 valence electrons. The summed E-state index contributed by atoms with van der Waals surface area (Å²) in [5, 5.41) is 0.0563. The van der Waals surface area contributed by atoms with Crippen molar-refractivity contribution in [2.75, 3.05) is 6.54 Å². The highest BCUT2D eigenvalue weighted by Crippen LogP contribution is 2.33. The van der Waals surface area contributed by atoms with E-state index in [0.29, 0.717) is 6.42 Å². The SMILES string of the molecule is CCCC(F)OC(=O)C(C)(CN)c1c(F)cccc1Cl. The van der Waals surface area contributed by atoms with Gasteiger partial charge >= 0.3 is 5.97 Å². The molecule has 1 rings (SSSR count). The Morgan fingerprint density at radius 2 is 2.20 bits per heavy atom. The first kappa shape index (κ1) is 16.9. The smallest absolute Gasteiger partial charge is 0.320 e. The third kappa shape index (κ3) is 3.46. The molecule has 3 nitrogen and oxygen atoms in total. The molecule has 20 heavy (non-hydrogen) atoms. The van der Waals surface area contributed by atoms with Crippen LogP contribution in [0, 0.1) is 5.82 Å². The van der Waals surface area contributed by atoms with Crippen LogP contribution in [-0.4, -0.2) is 18.9 Å². The summed E-state index contributed by atoms with van der Waals surface area (Å²) in [6, 6.07) is 4.03. The Morgan fingerprint density at radius 3 is 2.70 bits per heavy atom. The minimum absolute atomic E-state index is 0.0563. The highest BCUT2D eigenvalue weighted by Gasteiger charge is 2.40. The molecule has 0 saturated heterocycles. The largest absolute Gasteiger partial charge is 0.430 e. The minimum Gasteiger partial charge on any atom is -0.430 e. The number of carbonyl (C=O) groups is 1. The Balaban J connectivity index is 3.11. The highest BCUT2D eigenvalue weighted by atomic mass is 35.5. The van der Waals surface area contributed by atoms with E-state index in [1.807, 2.05) is 0 Å². The van der Waals surface area contributed by atoms with Gasteiger partial charge in [-0.1, -0.05) is 24.6 Å². The summed E-state index contributed by atoms with van der Waals surface area (Å²) < 4.78 is 32.1. The lowest BCUT2D eigenvalue weighted by molar-refractivity contribution is -0.164. The Labute approximate surface area is 122 Å². The predicted octanol–water partition coefficient (Wildman–Crippen LogP) is 3.33. The summed E-state index contributed by atoms with van der Waals surface area (Å²) in [4.78, 5) is 12.1. The van der Waals surface area contributed by atoms with Crippen LogP contribution in [0.1, 0.15) is 32.3 Å². The van der Waals surface area contributed by atoms with E-state index in [0.717, 1.165) is 0 Å². The Bertz CT molecular complexity index is 464. The van der Waals surface area contributed by atoms with Gasteiger partial charge in [-0.15, -0.1) is 0 Å². The fourth-order valence-electron chi connectivity index (χ4n) is 1.84. The molecule has 0 spiro atoms. The van der Waals surface area contributed by atoms with Crippen LogP contribution < -0.4 is 5.73 Å². The Kier molecular flexibility index (Phi) is 5.89. The molecule has 0 bridgehead atoms. The topological polar surface area (TPSA) is 52.3 Å². The second kappa shape index (κ2) is 6.99. The van der Waals surface area contributed by atoms with Crippen molar-refractivity contribution < 1.29 is 18.3 Å². The third-order valence-corrected chi connectivity index (χ3v) is 3.44. The Hall–Kier alpha value is -1.20. The van der Waals surface area contributed by atoms with Crippen molar-refractivity contribution >= 4 is 17.6 Å². The van der Waals surface area contributed by atoms with Crippen molar-refractivity contribution in [3.05, 3.63) is 34.6 Å². The van der Waals surface area contributed by atoms with E-state index in [1.165, 1.54) is 25.1 Å². The zero-order chi connectivity index (χ0) is 15.3. The fraction of sp³-hybridized carbons (Fsp3) is 0.500. The van der Waals surface area contributed by atoms with Crippen LogP contribution >= 0.6 is 11.6 Å². The van der Waals surface area contributed by atoms with Crippen molar-refractivity contribution in [2.45, 2.75) is 38.5 Å². The number of esters is 1. The van der Waals surface area contributed by atoms with Crippen molar-refractivity contribution in [3.63, 3.8) is 0 Å². The summed E-state index contributed by atoms with van der Waals surface area (Å²) in [6.45, 7) is 2.90. The first-order chi connectivity index (χ1) is 9.36. The highest BCUT2D eigenvalue weighted by molar-refractivity contribution is 6.31. The number of carbonyl (C=O) groups excluding carboxylic acids is 1. The van der Waals surface area contributed by atoms with E-state index in [2.05, 4.69) is 0 Å². The average molecular weight is 306 g/mol. The van der Waals surface area contributed by atoms with Gasteiger partial charge in [-0.2, -0.15) is 0 Å². The zero-order valence-corrected chi connectivity index (χ0v) is 12.2. The number of halogens is 3. The molecule has 0 aliphatic rings. The maximum absolute atomic E-state index is 13.9. The number of alkyl halides is 1. The summed E-state index contributed by atoms with van der Waals surface area (Å²) in [5.74, 6) is -1.60. The normalized spacial score (nSPS) is 15.5. The molecule has 1 aromatic carbocycles. The van der Waals surface area contributed by atoms with Gasteiger partial charge in [-0.3, -0.25) is 4.79 Å². The van der Waals surface area contributed by atoms with Gasteiger partial charge in [-0.05, 0) is 25.5 Å². The number of nitrogens with two attached hydrogens (primary N) is 1. The van der Waals surface area contributed by atoms with Crippen LogP contribution in [0.25, 0.3) is 0 Å². The second-order valence-electron chi connectivity index (χ2n) is 4.74. The molecule has 2 atom stereocenters. The first-order valence-corrected chi connectivity index (χ1v) is 6.74. The number of hydrogen-bond acceptors (Lipinski definition) is 3. The summed E-state index contributed by atoms with van der Waals surface area (Å²) in [5.41, 5.74) is 3.98. The van der Waals surface area contributed by atoms with E-state index < -0.39 is 23.6 Å². The molecule has 0 aliphatic carbocycles. The van der Waals surface area contributed by atoms with E-state index >= 15 is 0 Å². The average Bonchev–Trinajstić information content (AvgIpc) is 2.38. The lowest BCUT2D eigenvalue weighted by atomic mass is 9.82. The predicted molar refractivity (Wildman–Crippen MR) is 73.7 cm³/mol. The van der Waals surface area contributed by atoms with E-state index in [1.54, 1.807) is 6.92 Å². The second-order valence-corrected chi connectivity index (χ2v) is 5.14. The maximum Gasteiger partial charge on any atom is 0.320 e. The summed E-state index contributed by atoms with van der Waals surface area (Å²) >= 11 is 5.94. The first-order valence-electron chi connectivity index (χ1n) is 6.36. The molecule has 6 heteroatoms. The quantitative estimate of drug-likeness (QED) is 0.820. The van der Waals surface area contributed by atoms with Gasteiger partial charge in [0, 0.05) is 23.6 Å². The van der Waals surface area contributed by atoms with E-state index in [9.17, 15) is 13.6 Å². The van der Waals surface area contributed by atoms with Crippen LogP contribution in [0.15, 0.2) is 18.2 Å². The van der Waals surface area contributed by atoms with Gasteiger partial charge < -0.3 is 10.5 Å². The maximum atomic E-state index is 13.9.